The van der Waals surface area contributed by atoms with Crippen molar-refractivity contribution in [3.8, 4) is 0 Å². The number of sulfone groups is 1. The molecule has 2 aromatic carbocycles. The number of hydrogen-bond donors (Lipinski definition) is 0. The predicted molar refractivity (Wildman–Crippen MR) is 85.1 cm³/mol. The molecule has 15 heteroatoms. The Labute approximate surface area is 210 Å². The first-order chi connectivity index (χ1) is 12.2. The molecule has 0 N–H and O–H groups in total. The molecule has 0 aliphatic carbocycles. The zero-order valence-corrected chi connectivity index (χ0v) is 21.6. The van der Waals surface area contributed by atoms with Gasteiger partial charge in [-0.25, -0.2) is 34.0 Å². The standard InChI is InChI=1S/C14H12F2O8S3.2Na/c15-13-3-1-11(5-9(13)7-25(17,18)19)27(23,24)12-2-4-14(16)10(6-12)8-26(20,21)22;;/h1-6H,7-8H2,(H,17,18,19)(H,20,21,22);;/q;2*+1/p-2. The average molecular weight is 486 g/mol. The van der Waals surface area contributed by atoms with E-state index in [1.165, 1.54) is 0 Å². The molecule has 0 aromatic heterocycles. The second-order valence-electron chi connectivity index (χ2n) is 5.41. The summed E-state index contributed by atoms with van der Waals surface area (Å²) in [5.41, 5.74) is -1.37. The van der Waals surface area contributed by atoms with Crippen molar-refractivity contribution >= 4 is 30.1 Å². The number of halogens is 2. The number of hydrogen-bond acceptors (Lipinski definition) is 8. The van der Waals surface area contributed by atoms with Crippen LogP contribution in [0.2, 0.25) is 0 Å². The van der Waals surface area contributed by atoms with Gasteiger partial charge in [-0.3, -0.25) is 0 Å². The number of benzene rings is 2. The summed E-state index contributed by atoms with van der Waals surface area (Å²) in [7, 11) is -14.2. The minimum atomic E-state index is -4.90. The van der Waals surface area contributed by atoms with Crippen molar-refractivity contribution < 1.29 is 102 Å². The summed E-state index contributed by atoms with van der Waals surface area (Å²) in [6.45, 7) is 0. The summed E-state index contributed by atoms with van der Waals surface area (Å²) in [6.07, 6.45) is 0. The monoisotopic (exact) mass is 486 g/mol. The van der Waals surface area contributed by atoms with Crippen molar-refractivity contribution in [3.63, 3.8) is 0 Å². The fourth-order valence-electron chi connectivity index (χ4n) is 2.17. The first kappa shape index (κ1) is 29.1. The van der Waals surface area contributed by atoms with E-state index in [-0.39, 0.29) is 59.1 Å². The second kappa shape index (κ2) is 10.6. The Kier molecular flexibility index (Phi) is 10.6. The molecular weight excluding hydrogens is 476 g/mol. The molecule has 0 saturated carbocycles. The van der Waals surface area contributed by atoms with Gasteiger partial charge in [0, 0.05) is 11.1 Å². The van der Waals surface area contributed by atoms with Gasteiger partial charge in [0.2, 0.25) is 9.84 Å². The van der Waals surface area contributed by atoms with E-state index in [1.807, 2.05) is 0 Å². The molecule has 148 valence electrons. The van der Waals surface area contributed by atoms with Gasteiger partial charge in [-0.15, -0.1) is 0 Å². The zero-order chi connectivity index (χ0) is 20.6. The molecule has 0 atom stereocenters. The Morgan fingerprint density at radius 2 is 0.966 bits per heavy atom. The Balaban J connectivity index is 0.00000392. The van der Waals surface area contributed by atoms with Gasteiger partial charge in [0.1, 0.15) is 11.6 Å². The van der Waals surface area contributed by atoms with Crippen LogP contribution in [-0.2, 0) is 41.6 Å². The predicted octanol–water partition coefficient (Wildman–Crippen LogP) is -5.10. The molecule has 0 fully saturated rings. The average Bonchev–Trinajstić information content (AvgIpc) is 2.48. The van der Waals surface area contributed by atoms with Crippen LogP contribution in [0.15, 0.2) is 46.2 Å². The summed E-state index contributed by atoms with van der Waals surface area (Å²) in [5, 5.41) is 0. The molecule has 8 nitrogen and oxygen atoms in total. The third-order valence-corrected chi connectivity index (χ3v) is 6.40. The quantitative estimate of drug-likeness (QED) is 0.224. The first-order valence-corrected chi connectivity index (χ1v) is 11.5. The van der Waals surface area contributed by atoms with Crippen LogP contribution in [0.3, 0.4) is 0 Å². The molecule has 0 amide bonds. The Morgan fingerprint density at radius 3 is 1.24 bits per heavy atom. The maximum Gasteiger partial charge on any atom is 1.00 e. The van der Waals surface area contributed by atoms with E-state index in [0.29, 0.717) is 24.3 Å². The van der Waals surface area contributed by atoms with Crippen LogP contribution in [0.1, 0.15) is 11.1 Å². The minimum Gasteiger partial charge on any atom is -0.748 e. The van der Waals surface area contributed by atoms with Gasteiger partial charge >= 0.3 is 59.1 Å². The molecule has 29 heavy (non-hydrogen) atoms. The second-order valence-corrected chi connectivity index (χ2v) is 10.2. The Hall–Kier alpha value is 0.0700. The molecule has 0 aliphatic heterocycles. The molecule has 0 unspecified atom stereocenters. The Morgan fingerprint density at radius 1 is 0.655 bits per heavy atom. The third kappa shape index (κ3) is 8.26. The summed E-state index contributed by atoms with van der Waals surface area (Å²) < 4.78 is 117. The van der Waals surface area contributed by atoms with Crippen LogP contribution in [0, 0.1) is 11.6 Å². The van der Waals surface area contributed by atoms with E-state index in [0.717, 1.165) is 12.1 Å². The van der Waals surface area contributed by atoms with Gasteiger partial charge in [-0.1, -0.05) is 0 Å². The summed E-state index contributed by atoms with van der Waals surface area (Å²) in [4.78, 5) is -1.21. The van der Waals surface area contributed by atoms with Gasteiger partial charge in [0.05, 0.1) is 41.5 Å². The van der Waals surface area contributed by atoms with Crippen LogP contribution >= 0.6 is 0 Å². The van der Waals surface area contributed by atoms with Crippen LogP contribution in [0.4, 0.5) is 8.78 Å². The van der Waals surface area contributed by atoms with Gasteiger partial charge in [-0.05, 0) is 36.4 Å². The molecular formula is C14H10F2Na2O8S3. The maximum atomic E-state index is 13.6. The topological polar surface area (TPSA) is 149 Å². The normalized spacial score (nSPS) is 12.0. The van der Waals surface area contributed by atoms with Crippen LogP contribution < -0.4 is 59.1 Å². The van der Waals surface area contributed by atoms with Gasteiger partial charge in [0.15, 0.2) is 0 Å². The molecule has 0 saturated heterocycles. The molecule has 0 radical (unpaired) electrons. The van der Waals surface area contributed by atoms with Crippen molar-refractivity contribution in [1.82, 2.24) is 0 Å². The van der Waals surface area contributed by atoms with Crippen molar-refractivity contribution in [2.75, 3.05) is 0 Å². The van der Waals surface area contributed by atoms with Gasteiger partial charge < -0.3 is 9.11 Å². The van der Waals surface area contributed by atoms with E-state index in [9.17, 15) is 43.1 Å². The fraction of sp³-hybridized carbons (Fsp3) is 0.143. The molecule has 0 heterocycles. The van der Waals surface area contributed by atoms with Gasteiger partial charge in [0.25, 0.3) is 0 Å². The SMILES string of the molecule is O=S(=O)([O-])Cc1cc(S(=O)(=O)c2ccc(F)c(CS(=O)(=O)[O-])c2)ccc1F.[Na+].[Na+]. The van der Waals surface area contributed by atoms with E-state index < -0.39 is 74.1 Å². The summed E-state index contributed by atoms with van der Waals surface area (Å²) >= 11 is 0. The van der Waals surface area contributed by atoms with Crippen molar-refractivity contribution in [2.24, 2.45) is 0 Å². The molecule has 2 aromatic rings. The summed E-state index contributed by atoms with van der Waals surface area (Å²) in [5.74, 6) is -4.81. The molecule has 2 rings (SSSR count). The molecule has 0 bridgehead atoms. The summed E-state index contributed by atoms with van der Waals surface area (Å²) in [6, 6.07) is 4.12. The molecule has 0 spiro atoms. The van der Waals surface area contributed by atoms with Crippen molar-refractivity contribution in [1.29, 1.82) is 0 Å². The zero-order valence-electron chi connectivity index (χ0n) is 15.1. The van der Waals surface area contributed by atoms with Gasteiger partial charge in [-0.2, -0.15) is 0 Å². The minimum absolute atomic E-state index is 0. The first-order valence-electron chi connectivity index (χ1n) is 6.88. The van der Waals surface area contributed by atoms with E-state index in [1.54, 1.807) is 0 Å². The number of rotatable bonds is 6. The van der Waals surface area contributed by atoms with E-state index >= 15 is 0 Å². The van der Waals surface area contributed by atoms with Crippen molar-refractivity contribution in [3.05, 3.63) is 59.2 Å². The maximum absolute atomic E-state index is 13.6. The third-order valence-electron chi connectivity index (χ3n) is 3.32. The largest absolute Gasteiger partial charge is 1.00 e. The molecule has 0 aliphatic rings. The van der Waals surface area contributed by atoms with Crippen molar-refractivity contribution in [2.45, 2.75) is 21.3 Å². The Bertz CT molecular complexity index is 1120. The van der Waals surface area contributed by atoms with E-state index in [4.69, 9.17) is 0 Å². The smallest absolute Gasteiger partial charge is 0.748 e. The fourth-order valence-corrected chi connectivity index (χ4v) is 4.74. The van der Waals surface area contributed by atoms with Crippen LogP contribution in [0.5, 0.6) is 0 Å². The van der Waals surface area contributed by atoms with Crippen LogP contribution in [0.25, 0.3) is 0 Å². The van der Waals surface area contributed by atoms with E-state index in [2.05, 4.69) is 0 Å². The van der Waals surface area contributed by atoms with Crippen LogP contribution in [-0.4, -0.2) is 34.4 Å².